The van der Waals surface area contributed by atoms with Crippen molar-refractivity contribution >= 4 is 45.8 Å². The van der Waals surface area contributed by atoms with Crippen molar-refractivity contribution in [1.82, 2.24) is 35.1 Å². The number of ketones is 1. The number of fused-ring (bicyclic) bond motifs is 3. The predicted octanol–water partition coefficient (Wildman–Crippen LogP) is 6.36. The van der Waals surface area contributed by atoms with Gasteiger partial charge in [-0.05, 0) is 92.0 Å². The van der Waals surface area contributed by atoms with Crippen molar-refractivity contribution in [3.63, 3.8) is 0 Å². The number of hydrogen-bond donors (Lipinski definition) is 3. The molecule has 3 aliphatic rings. The molecule has 3 amide bonds. The van der Waals surface area contributed by atoms with Gasteiger partial charge in [0.25, 0.3) is 0 Å². The molecule has 0 saturated carbocycles. The fourth-order valence-corrected chi connectivity index (χ4v) is 8.13. The zero-order chi connectivity index (χ0) is 35.2. The highest BCUT2D eigenvalue weighted by atomic mass is 16.5. The van der Waals surface area contributed by atoms with Gasteiger partial charge in [-0.1, -0.05) is 36.4 Å². The average Bonchev–Trinajstić information content (AvgIpc) is 3.96. The Morgan fingerprint density at radius 1 is 0.784 bits per heavy atom. The van der Waals surface area contributed by atoms with Crippen LogP contribution in [0.1, 0.15) is 82.0 Å². The predicted molar refractivity (Wildman–Crippen MR) is 191 cm³/mol. The van der Waals surface area contributed by atoms with E-state index in [-0.39, 0.29) is 48.6 Å². The Kier molecular flexibility index (Phi) is 8.53. The summed E-state index contributed by atoms with van der Waals surface area (Å²) < 4.78 is 4.73. The highest BCUT2D eigenvalue weighted by Crippen LogP contribution is 2.41. The molecule has 5 aromatic rings. The van der Waals surface area contributed by atoms with E-state index in [4.69, 9.17) is 14.7 Å². The number of rotatable bonds is 8. The first-order valence-corrected chi connectivity index (χ1v) is 17.8. The topological polar surface area (TPSA) is 153 Å². The van der Waals surface area contributed by atoms with Gasteiger partial charge < -0.3 is 34.6 Å². The normalized spacial score (nSPS) is 21.7. The molecule has 0 aliphatic carbocycles. The van der Waals surface area contributed by atoms with Crippen molar-refractivity contribution in [2.24, 2.45) is 0 Å². The van der Waals surface area contributed by atoms with Crippen LogP contribution in [0.15, 0.2) is 60.7 Å². The van der Waals surface area contributed by atoms with Crippen LogP contribution in [-0.4, -0.2) is 79.2 Å². The van der Waals surface area contributed by atoms with Crippen molar-refractivity contribution in [2.75, 3.05) is 13.7 Å². The Balaban J connectivity index is 0.981. The summed E-state index contributed by atoms with van der Waals surface area (Å²) in [5.74, 6) is 1.51. The van der Waals surface area contributed by atoms with Crippen molar-refractivity contribution < 1.29 is 23.9 Å². The number of carbonyl (C=O) groups is 4. The molecule has 3 N–H and O–H groups in total. The van der Waals surface area contributed by atoms with Crippen LogP contribution in [0.25, 0.3) is 44.3 Å². The van der Waals surface area contributed by atoms with Crippen LogP contribution < -0.4 is 5.32 Å². The van der Waals surface area contributed by atoms with E-state index in [1.54, 1.807) is 0 Å². The molecule has 0 unspecified atom stereocenters. The van der Waals surface area contributed by atoms with Gasteiger partial charge in [-0.15, -0.1) is 0 Å². The maximum atomic E-state index is 13.4. The SMILES string of the molecule is COC(=O)N[C@H]1CC[C@H]2CC[C@@H](c3nc4ccc(-c5ccc(-c6ccc7nc([C@@H]8CCCN8C(=O)CCC(C)=O)[nH]c7c6)cc5)cc4[nH]3)N2C1=O. The van der Waals surface area contributed by atoms with Crippen molar-refractivity contribution in [2.45, 2.75) is 82.5 Å². The number of methoxy groups -OCH3 is 1. The average molecular weight is 688 g/mol. The van der Waals surface area contributed by atoms with E-state index in [1.165, 1.54) is 14.0 Å². The van der Waals surface area contributed by atoms with Gasteiger partial charge in [0.2, 0.25) is 11.8 Å². The minimum Gasteiger partial charge on any atom is -0.453 e. The zero-order valence-corrected chi connectivity index (χ0v) is 28.8. The maximum absolute atomic E-state index is 13.4. The van der Waals surface area contributed by atoms with Gasteiger partial charge in [0.15, 0.2) is 0 Å². The molecule has 3 fully saturated rings. The highest BCUT2D eigenvalue weighted by Gasteiger charge is 2.45. The molecule has 4 atom stereocenters. The number of piperidine rings is 1. The number of aromatic amines is 2. The standard InChI is InChI=1S/C39H41N7O5/c1-22(47)5-18-35(48)45-19-3-4-33(45)36-40-28-14-10-25(20-31(28)42-36)23-6-8-24(9-7-23)26-11-15-29-32(21-26)43-37(41-29)34-17-13-27-12-16-30(38(49)46(27)34)44-39(50)51-2/h6-11,14-15,20-21,27,30,33-34H,3-5,12-13,16-19H2,1-2H3,(H,40,42)(H,41,43)(H,44,50)/t27-,30-,33-,34-/m0/s1. The largest absolute Gasteiger partial charge is 0.453 e. The summed E-state index contributed by atoms with van der Waals surface area (Å²) in [6.45, 7) is 2.20. The summed E-state index contributed by atoms with van der Waals surface area (Å²) in [6, 6.07) is 20.1. The molecule has 12 heteroatoms. The van der Waals surface area contributed by atoms with Gasteiger partial charge in [0, 0.05) is 25.4 Å². The lowest BCUT2D eigenvalue weighted by atomic mass is 9.98. The quantitative estimate of drug-likeness (QED) is 0.172. The Hall–Kier alpha value is -5.52. The molecule has 12 nitrogen and oxygen atoms in total. The number of benzene rings is 3. The lowest BCUT2D eigenvalue weighted by molar-refractivity contribution is -0.139. The van der Waals surface area contributed by atoms with E-state index in [2.05, 4.69) is 63.8 Å². The number of amides is 3. The second kappa shape index (κ2) is 13.3. The number of H-pyrrole nitrogens is 2. The number of hydrogen-bond acceptors (Lipinski definition) is 7. The fraction of sp³-hybridized carbons (Fsp3) is 0.385. The zero-order valence-electron chi connectivity index (χ0n) is 28.8. The number of imidazole rings is 2. The number of aromatic nitrogens is 4. The Bertz CT molecular complexity index is 2150. The summed E-state index contributed by atoms with van der Waals surface area (Å²) in [7, 11) is 1.30. The Morgan fingerprint density at radius 2 is 1.37 bits per heavy atom. The number of carbonyl (C=O) groups excluding carboxylic acids is 4. The highest BCUT2D eigenvalue weighted by molar-refractivity contribution is 5.88. The third-order valence-electron chi connectivity index (χ3n) is 10.8. The van der Waals surface area contributed by atoms with Crippen molar-refractivity contribution in [3.8, 4) is 22.3 Å². The van der Waals surface area contributed by atoms with Crippen LogP contribution in [0.2, 0.25) is 0 Å². The van der Waals surface area contributed by atoms with Gasteiger partial charge in [-0.3, -0.25) is 9.59 Å². The summed E-state index contributed by atoms with van der Waals surface area (Å²) in [6.07, 6.45) is 4.85. The smallest absolute Gasteiger partial charge is 0.407 e. The van der Waals surface area contributed by atoms with Crippen LogP contribution in [-0.2, 0) is 19.1 Å². The third kappa shape index (κ3) is 6.23. The molecule has 0 radical (unpaired) electrons. The van der Waals surface area contributed by atoms with Gasteiger partial charge in [0.05, 0.1) is 41.3 Å². The molecular weight excluding hydrogens is 646 g/mol. The number of likely N-dealkylation sites (tertiary alicyclic amines) is 1. The monoisotopic (exact) mass is 687 g/mol. The molecule has 8 rings (SSSR count). The number of ether oxygens (including phenoxy) is 1. The number of nitrogens with zero attached hydrogens (tertiary/aromatic N) is 4. The minimum absolute atomic E-state index is 0.00600. The van der Waals surface area contributed by atoms with Crippen LogP contribution in [0.3, 0.4) is 0 Å². The molecule has 2 aromatic heterocycles. The fourth-order valence-electron chi connectivity index (χ4n) is 8.13. The summed E-state index contributed by atoms with van der Waals surface area (Å²) in [5, 5.41) is 2.69. The molecule has 3 aliphatic heterocycles. The van der Waals surface area contributed by atoms with Crippen molar-refractivity contribution in [1.29, 1.82) is 0 Å². The first-order chi connectivity index (χ1) is 24.7. The van der Waals surface area contributed by atoms with E-state index in [1.807, 2.05) is 21.9 Å². The van der Waals surface area contributed by atoms with Crippen LogP contribution in [0, 0.1) is 0 Å². The van der Waals surface area contributed by atoms with Gasteiger partial charge in [0.1, 0.15) is 23.5 Å². The first kappa shape index (κ1) is 32.7. The second-order valence-corrected chi connectivity index (χ2v) is 14.0. The van der Waals surface area contributed by atoms with E-state index in [9.17, 15) is 19.2 Å². The van der Waals surface area contributed by atoms with E-state index in [0.717, 1.165) is 88.1 Å². The summed E-state index contributed by atoms with van der Waals surface area (Å²) in [4.78, 5) is 70.0. The summed E-state index contributed by atoms with van der Waals surface area (Å²) in [5.41, 5.74) is 7.79. The molecule has 3 saturated heterocycles. The molecule has 51 heavy (non-hydrogen) atoms. The molecule has 5 heterocycles. The molecule has 3 aromatic carbocycles. The van der Waals surface area contributed by atoms with E-state index in [0.29, 0.717) is 13.0 Å². The van der Waals surface area contributed by atoms with E-state index >= 15 is 0 Å². The third-order valence-corrected chi connectivity index (χ3v) is 10.8. The first-order valence-electron chi connectivity index (χ1n) is 17.8. The number of alkyl carbamates (subject to hydrolysis) is 1. The number of Topliss-reactive ketones (excluding diaryl/α,β-unsaturated/α-hetero) is 1. The van der Waals surface area contributed by atoms with Gasteiger partial charge in [-0.25, -0.2) is 14.8 Å². The lowest BCUT2D eigenvalue weighted by Gasteiger charge is -2.37. The maximum Gasteiger partial charge on any atom is 0.407 e. The van der Waals surface area contributed by atoms with Gasteiger partial charge >= 0.3 is 6.09 Å². The van der Waals surface area contributed by atoms with Gasteiger partial charge in [-0.2, -0.15) is 0 Å². The minimum atomic E-state index is -0.593. The number of nitrogens with one attached hydrogen (secondary N) is 3. The van der Waals surface area contributed by atoms with Crippen LogP contribution in [0.4, 0.5) is 4.79 Å². The van der Waals surface area contributed by atoms with Crippen molar-refractivity contribution in [3.05, 3.63) is 72.3 Å². The van der Waals surface area contributed by atoms with Crippen LogP contribution >= 0.6 is 0 Å². The molecule has 0 bridgehead atoms. The molecular formula is C39H41N7O5. The lowest BCUT2D eigenvalue weighted by Crippen LogP contribution is -2.54. The molecule has 0 spiro atoms. The second-order valence-electron chi connectivity index (χ2n) is 14.0. The summed E-state index contributed by atoms with van der Waals surface area (Å²) >= 11 is 0. The Morgan fingerprint density at radius 3 is 1.98 bits per heavy atom. The van der Waals surface area contributed by atoms with Crippen LogP contribution in [0.5, 0.6) is 0 Å². The molecule has 262 valence electrons. The Labute approximate surface area is 295 Å². The van der Waals surface area contributed by atoms with E-state index < -0.39 is 12.1 Å².